The molecule has 0 radical (unpaired) electrons. The zero-order valence-electron chi connectivity index (χ0n) is 9.17. The molecule has 3 N–H and O–H groups in total. The molecule has 0 unspecified atom stereocenters. The predicted octanol–water partition coefficient (Wildman–Crippen LogP) is -0.109. The number of thiazole rings is 1. The number of hydrogen-bond donors (Lipinski definition) is 3. The summed E-state index contributed by atoms with van der Waals surface area (Å²) in [5, 5.41) is 18.2. The number of nitrogens with one attached hydrogen (secondary N) is 1. The van der Waals surface area contributed by atoms with Crippen molar-refractivity contribution in [1.29, 1.82) is 0 Å². The van der Waals surface area contributed by atoms with Crippen LogP contribution in [-0.2, 0) is 10.0 Å². The molecule has 7 nitrogen and oxygen atoms in total. The molecule has 1 heterocycles. The Morgan fingerprint density at radius 3 is 2.65 bits per heavy atom. The Labute approximate surface area is 102 Å². The molecule has 1 aromatic rings. The van der Waals surface area contributed by atoms with Gasteiger partial charge in [-0.3, -0.25) is 0 Å². The summed E-state index contributed by atoms with van der Waals surface area (Å²) in [5.41, 5.74) is -0.596. The highest BCUT2D eigenvalue weighted by molar-refractivity contribution is 7.91. The smallest absolute Gasteiger partial charge is 0.356 e. The van der Waals surface area contributed by atoms with Gasteiger partial charge in [-0.1, -0.05) is 0 Å². The van der Waals surface area contributed by atoms with Crippen LogP contribution in [0.3, 0.4) is 0 Å². The first-order valence-corrected chi connectivity index (χ1v) is 6.88. The van der Waals surface area contributed by atoms with Crippen LogP contribution in [-0.4, -0.2) is 41.7 Å². The number of rotatable bonds is 5. The first-order valence-electron chi connectivity index (χ1n) is 4.52. The van der Waals surface area contributed by atoms with Crippen molar-refractivity contribution in [3.8, 4) is 0 Å². The lowest BCUT2D eigenvalue weighted by molar-refractivity contribution is 0.0687. The molecule has 0 atom stereocenters. The number of carbonyl (C=O) groups is 1. The summed E-state index contributed by atoms with van der Waals surface area (Å²) in [7, 11) is -3.96. The van der Waals surface area contributed by atoms with E-state index in [1.807, 2.05) is 0 Å². The van der Waals surface area contributed by atoms with Crippen molar-refractivity contribution in [1.82, 2.24) is 9.71 Å². The fourth-order valence-electron chi connectivity index (χ4n) is 0.906. The van der Waals surface area contributed by atoms with Crippen molar-refractivity contribution >= 4 is 27.3 Å². The highest BCUT2D eigenvalue weighted by Gasteiger charge is 2.27. The van der Waals surface area contributed by atoms with Crippen molar-refractivity contribution in [2.24, 2.45) is 0 Å². The van der Waals surface area contributed by atoms with Crippen LogP contribution in [0.1, 0.15) is 24.3 Å². The van der Waals surface area contributed by atoms with Gasteiger partial charge >= 0.3 is 5.97 Å². The van der Waals surface area contributed by atoms with Crippen molar-refractivity contribution in [2.75, 3.05) is 6.54 Å². The maximum Gasteiger partial charge on any atom is 0.356 e. The van der Waals surface area contributed by atoms with Crippen molar-refractivity contribution in [3.63, 3.8) is 0 Å². The van der Waals surface area contributed by atoms with Crippen LogP contribution in [0.4, 0.5) is 0 Å². The molecule has 17 heavy (non-hydrogen) atoms. The number of aromatic carboxylic acids is 1. The molecule has 1 rings (SSSR count). The molecule has 96 valence electrons. The molecule has 0 spiro atoms. The van der Waals surface area contributed by atoms with Crippen molar-refractivity contribution in [3.05, 3.63) is 11.2 Å². The summed E-state index contributed by atoms with van der Waals surface area (Å²) in [6.45, 7) is 2.65. The Balaban J connectivity index is 2.98. The fraction of sp³-hybridized carbons (Fsp3) is 0.500. The second-order valence-electron chi connectivity index (χ2n) is 3.93. The van der Waals surface area contributed by atoms with Crippen LogP contribution in [0.2, 0.25) is 0 Å². The Morgan fingerprint density at radius 2 is 2.18 bits per heavy atom. The van der Waals surface area contributed by atoms with Crippen molar-refractivity contribution in [2.45, 2.75) is 23.7 Å². The van der Waals surface area contributed by atoms with Gasteiger partial charge in [0.2, 0.25) is 0 Å². The van der Waals surface area contributed by atoms with Crippen LogP contribution in [0.15, 0.2) is 9.72 Å². The zero-order valence-corrected chi connectivity index (χ0v) is 10.8. The average Bonchev–Trinajstić information content (AvgIpc) is 2.62. The molecule has 0 saturated carbocycles. The summed E-state index contributed by atoms with van der Waals surface area (Å²) in [6, 6.07) is 0. The molecule has 0 saturated heterocycles. The highest BCUT2D eigenvalue weighted by Crippen LogP contribution is 2.20. The van der Waals surface area contributed by atoms with Gasteiger partial charge in [0.25, 0.3) is 10.0 Å². The van der Waals surface area contributed by atoms with Crippen LogP contribution < -0.4 is 4.72 Å². The number of hydrogen-bond acceptors (Lipinski definition) is 6. The predicted molar refractivity (Wildman–Crippen MR) is 60.6 cm³/mol. The maximum atomic E-state index is 11.8. The highest BCUT2D eigenvalue weighted by atomic mass is 32.2. The van der Waals surface area contributed by atoms with Gasteiger partial charge < -0.3 is 10.2 Å². The van der Waals surface area contributed by atoms with Crippen LogP contribution >= 0.6 is 11.3 Å². The van der Waals surface area contributed by atoms with Crippen LogP contribution in [0, 0.1) is 0 Å². The SMILES string of the molecule is CC(C)(O)CNS(=O)(=O)c1scnc1C(=O)O. The Hall–Kier alpha value is -1.03. The number of aromatic nitrogens is 1. The van der Waals surface area contributed by atoms with Gasteiger partial charge in [0.1, 0.15) is 0 Å². The summed E-state index contributed by atoms with van der Waals surface area (Å²) < 4.78 is 25.3. The minimum Gasteiger partial charge on any atom is -0.476 e. The van der Waals surface area contributed by atoms with Gasteiger partial charge in [-0.25, -0.2) is 22.9 Å². The normalized spacial score (nSPS) is 12.6. The van der Waals surface area contributed by atoms with E-state index in [2.05, 4.69) is 9.71 Å². The van der Waals surface area contributed by atoms with E-state index >= 15 is 0 Å². The largest absolute Gasteiger partial charge is 0.476 e. The van der Waals surface area contributed by atoms with E-state index in [1.54, 1.807) is 0 Å². The van der Waals surface area contributed by atoms with Gasteiger partial charge in [-0.2, -0.15) is 0 Å². The molecule has 0 aliphatic carbocycles. The van der Waals surface area contributed by atoms with Gasteiger partial charge in [0, 0.05) is 6.54 Å². The zero-order chi connectivity index (χ0) is 13.3. The summed E-state index contributed by atoms with van der Waals surface area (Å²) in [5.74, 6) is -1.41. The monoisotopic (exact) mass is 280 g/mol. The third kappa shape index (κ3) is 3.73. The first-order chi connectivity index (χ1) is 7.63. The lowest BCUT2D eigenvalue weighted by atomic mass is 10.1. The third-order valence-corrected chi connectivity index (χ3v) is 4.45. The Bertz CT molecular complexity index is 514. The molecular weight excluding hydrogens is 268 g/mol. The summed E-state index contributed by atoms with van der Waals surface area (Å²) >= 11 is 0.711. The maximum absolute atomic E-state index is 11.8. The quantitative estimate of drug-likeness (QED) is 0.693. The topological polar surface area (TPSA) is 117 Å². The van der Waals surface area contributed by atoms with Gasteiger partial charge in [0.15, 0.2) is 9.90 Å². The van der Waals surface area contributed by atoms with E-state index in [1.165, 1.54) is 13.8 Å². The van der Waals surface area contributed by atoms with Crippen LogP contribution in [0.5, 0.6) is 0 Å². The number of sulfonamides is 1. The minimum atomic E-state index is -3.96. The molecule has 0 fully saturated rings. The fourth-order valence-corrected chi connectivity index (χ4v) is 3.29. The van der Waals surface area contributed by atoms with Gasteiger partial charge in [0.05, 0.1) is 11.1 Å². The Kier molecular flexibility index (Phi) is 3.87. The molecular formula is C8H12N2O5S2. The Morgan fingerprint density at radius 1 is 1.59 bits per heavy atom. The van der Waals surface area contributed by atoms with E-state index in [0.29, 0.717) is 11.3 Å². The lowest BCUT2D eigenvalue weighted by Gasteiger charge is -2.17. The molecule has 0 aliphatic rings. The molecule has 0 aromatic carbocycles. The average molecular weight is 280 g/mol. The third-order valence-electron chi connectivity index (χ3n) is 1.68. The standard InChI is InChI=1S/C8H12N2O5S2/c1-8(2,13)3-10-17(14,15)7-5(6(11)12)9-4-16-7/h4,10,13H,3H2,1-2H3,(H,11,12). The molecule has 9 heteroatoms. The van der Waals surface area contributed by atoms with Gasteiger partial charge in [-0.15, -0.1) is 11.3 Å². The number of carboxylic acid groups (broad SMARTS) is 1. The number of nitrogens with zero attached hydrogens (tertiary/aromatic N) is 1. The van der Waals surface area contributed by atoms with Crippen molar-refractivity contribution < 1.29 is 23.4 Å². The molecule has 0 amide bonds. The molecule has 0 aliphatic heterocycles. The summed E-state index contributed by atoms with van der Waals surface area (Å²) in [4.78, 5) is 14.2. The molecule has 0 bridgehead atoms. The lowest BCUT2D eigenvalue weighted by Crippen LogP contribution is -2.38. The van der Waals surface area contributed by atoms with E-state index in [9.17, 15) is 18.3 Å². The van der Waals surface area contributed by atoms with Gasteiger partial charge in [-0.05, 0) is 13.8 Å². The van der Waals surface area contributed by atoms with E-state index < -0.39 is 27.3 Å². The second kappa shape index (κ2) is 4.69. The van der Waals surface area contributed by atoms with E-state index in [4.69, 9.17) is 5.11 Å². The molecule has 1 aromatic heterocycles. The second-order valence-corrected chi connectivity index (χ2v) is 6.75. The summed E-state index contributed by atoms with van der Waals surface area (Å²) in [6.07, 6.45) is 0. The van der Waals surface area contributed by atoms with E-state index in [0.717, 1.165) is 5.51 Å². The number of carboxylic acids is 1. The first kappa shape index (κ1) is 14.0. The minimum absolute atomic E-state index is 0.216. The number of aliphatic hydroxyl groups is 1. The van der Waals surface area contributed by atoms with E-state index in [-0.39, 0.29) is 10.8 Å². The van der Waals surface area contributed by atoms with Crippen LogP contribution in [0.25, 0.3) is 0 Å².